The molecule has 1 heterocycles. The molecule has 3 atom stereocenters. The van der Waals surface area contributed by atoms with Gasteiger partial charge in [-0.25, -0.2) is 4.79 Å². The monoisotopic (exact) mass is 273 g/mol. The molecule has 0 aromatic carbocycles. The number of nitrogens with two attached hydrogens (primary N) is 1. The molecule has 3 unspecified atom stereocenters. The highest BCUT2D eigenvalue weighted by molar-refractivity contribution is 5.87. The van der Waals surface area contributed by atoms with Crippen molar-refractivity contribution in [1.82, 2.24) is 10.6 Å². The van der Waals surface area contributed by atoms with E-state index in [2.05, 4.69) is 10.6 Å². The molecule has 5 N–H and O–H groups in total. The van der Waals surface area contributed by atoms with Gasteiger partial charge in [-0.05, 0) is 12.8 Å². The van der Waals surface area contributed by atoms with E-state index < -0.39 is 29.9 Å². The lowest BCUT2D eigenvalue weighted by molar-refractivity contribution is -0.142. The topological polar surface area (TPSA) is 131 Å². The van der Waals surface area contributed by atoms with Crippen molar-refractivity contribution in [2.75, 3.05) is 13.7 Å². The van der Waals surface area contributed by atoms with E-state index in [9.17, 15) is 14.4 Å². The summed E-state index contributed by atoms with van der Waals surface area (Å²) in [6.07, 6.45) is 0.335. The molecule has 2 amide bonds. The van der Waals surface area contributed by atoms with Crippen LogP contribution in [0.1, 0.15) is 19.3 Å². The second-order valence-corrected chi connectivity index (χ2v) is 4.46. The number of hydrogen-bond acceptors (Lipinski definition) is 5. The first-order valence-electron chi connectivity index (χ1n) is 6.01. The highest BCUT2D eigenvalue weighted by Crippen LogP contribution is 2.10. The minimum atomic E-state index is -1.18. The van der Waals surface area contributed by atoms with Gasteiger partial charge in [0.15, 0.2) is 0 Å². The Morgan fingerprint density at radius 3 is 2.68 bits per heavy atom. The first-order valence-corrected chi connectivity index (χ1v) is 6.01. The highest BCUT2D eigenvalue weighted by atomic mass is 16.5. The molecule has 1 saturated heterocycles. The maximum absolute atomic E-state index is 11.9. The lowest BCUT2D eigenvalue weighted by atomic mass is 10.1. The van der Waals surface area contributed by atoms with Gasteiger partial charge in [-0.15, -0.1) is 0 Å². The Bertz CT molecular complexity index is 360. The van der Waals surface area contributed by atoms with Crippen LogP contribution in [0.15, 0.2) is 0 Å². The van der Waals surface area contributed by atoms with Crippen molar-refractivity contribution in [2.45, 2.75) is 37.5 Å². The summed E-state index contributed by atoms with van der Waals surface area (Å²) in [5, 5.41) is 14.3. The van der Waals surface area contributed by atoms with Crippen LogP contribution in [0.2, 0.25) is 0 Å². The van der Waals surface area contributed by atoms with Gasteiger partial charge < -0.3 is 26.2 Å². The molecule has 8 nitrogen and oxygen atoms in total. The second-order valence-electron chi connectivity index (χ2n) is 4.46. The lowest BCUT2D eigenvalue weighted by Gasteiger charge is -2.17. The molecule has 108 valence electrons. The molecule has 0 saturated carbocycles. The number of ether oxygens (including phenoxy) is 1. The van der Waals surface area contributed by atoms with Crippen LogP contribution in [-0.2, 0) is 19.1 Å². The normalized spacial score (nSPS) is 23.8. The molecule has 0 bridgehead atoms. The van der Waals surface area contributed by atoms with Crippen molar-refractivity contribution in [3.63, 3.8) is 0 Å². The summed E-state index contributed by atoms with van der Waals surface area (Å²) in [6.45, 7) is 0.549. The molecule has 1 aliphatic rings. The van der Waals surface area contributed by atoms with Gasteiger partial charge in [-0.2, -0.15) is 0 Å². The Morgan fingerprint density at radius 1 is 1.53 bits per heavy atom. The van der Waals surface area contributed by atoms with Gasteiger partial charge in [0.25, 0.3) is 0 Å². The maximum Gasteiger partial charge on any atom is 0.326 e. The molecule has 0 radical (unpaired) electrons. The van der Waals surface area contributed by atoms with Crippen molar-refractivity contribution < 1.29 is 24.2 Å². The minimum absolute atomic E-state index is 0.0170. The van der Waals surface area contributed by atoms with Crippen LogP contribution in [0.4, 0.5) is 0 Å². The van der Waals surface area contributed by atoms with E-state index in [0.717, 1.165) is 0 Å². The van der Waals surface area contributed by atoms with Gasteiger partial charge in [0.1, 0.15) is 6.04 Å². The molecule has 1 aliphatic heterocycles. The molecule has 19 heavy (non-hydrogen) atoms. The SMILES string of the molecule is COC1CNC(C(=O)NC(CCC(N)=O)C(=O)O)C1. The summed E-state index contributed by atoms with van der Waals surface area (Å²) in [5.41, 5.74) is 4.96. The molecule has 0 aromatic rings. The third-order valence-corrected chi connectivity index (χ3v) is 3.03. The van der Waals surface area contributed by atoms with Crippen LogP contribution >= 0.6 is 0 Å². The average molecular weight is 273 g/mol. The summed E-state index contributed by atoms with van der Waals surface area (Å²) < 4.78 is 5.10. The fraction of sp³-hybridized carbons (Fsp3) is 0.727. The quantitative estimate of drug-likeness (QED) is 0.433. The van der Waals surface area contributed by atoms with Gasteiger partial charge in [0.2, 0.25) is 11.8 Å². The van der Waals surface area contributed by atoms with Crippen LogP contribution in [0.3, 0.4) is 0 Å². The Hall–Kier alpha value is -1.67. The second kappa shape index (κ2) is 7.05. The van der Waals surface area contributed by atoms with Gasteiger partial charge in [0, 0.05) is 20.1 Å². The van der Waals surface area contributed by atoms with E-state index in [1.807, 2.05) is 0 Å². The zero-order valence-corrected chi connectivity index (χ0v) is 10.7. The number of methoxy groups -OCH3 is 1. The summed E-state index contributed by atoms with van der Waals surface area (Å²) >= 11 is 0. The van der Waals surface area contributed by atoms with Gasteiger partial charge >= 0.3 is 5.97 Å². The zero-order chi connectivity index (χ0) is 14.4. The molecule has 0 aliphatic carbocycles. The maximum atomic E-state index is 11.9. The van der Waals surface area contributed by atoms with E-state index in [1.165, 1.54) is 0 Å². The van der Waals surface area contributed by atoms with Crippen LogP contribution in [-0.4, -0.2) is 54.7 Å². The Labute approximate surface area is 110 Å². The van der Waals surface area contributed by atoms with Crippen molar-refractivity contribution in [3.05, 3.63) is 0 Å². The number of amides is 2. The number of aliphatic carboxylic acids is 1. The standard InChI is InChI=1S/C11H19N3O5/c1-19-6-4-8(13-5-6)10(16)14-7(11(17)18)2-3-9(12)15/h6-8,13H,2-5H2,1H3,(H2,12,15)(H,14,16)(H,17,18). The van der Waals surface area contributed by atoms with Crippen molar-refractivity contribution in [2.24, 2.45) is 5.73 Å². The number of carboxylic acids is 1. The van der Waals surface area contributed by atoms with Crippen molar-refractivity contribution in [1.29, 1.82) is 0 Å². The third kappa shape index (κ3) is 4.84. The number of carboxylic acid groups (broad SMARTS) is 1. The Kier molecular flexibility index (Phi) is 5.71. The molecular formula is C11H19N3O5. The first-order chi connectivity index (χ1) is 8.93. The van der Waals surface area contributed by atoms with E-state index in [4.69, 9.17) is 15.6 Å². The summed E-state index contributed by atoms with van der Waals surface area (Å²) in [4.78, 5) is 33.5. The number of carbonyl (C=O) groups excluding carboxylic acids is 2. The molecule has 0 aromatic heterocycles. The van der Waals surface area contributed by atoms with Crippen LogP contribution in [0, 0.1) is 0 Å². The predicted octanol–water partition coefficient (Wildman–Crippen LogP) is -1.80. The summed E-state index contributed by atoms with van der Waals surface area (Å²) in [5.74, 6) is -2.19. The minimum Gasteiger partial charge on any atom is -0.480 e. The van der Waals surface area contributed by atoms with E-state index in [-0.39, 0.29) is 18.9 Å². The molecule has 1 fully saturated rings. The van der Waals surface area contributed by atoms with Crippen molar-refractivity contribution >= 4 is 17.8 Å². The molecular weight excluding hydrogens is 254 g/mol. The van der Waals surface area contributed by atoms with Gasteiger partial charge in [-0.1, -0.05) is 0 Å². The zero-order valence-electron chi connectivity index (χ0n) is 10.7. The number of nitrogens with one attached hydrogen (secondary N) is 2. The van der Waals surface area contributed by atoms with E-state index in [1.54, 1.807) is 7.11 Å². The largest absolute Gasteiger partial charge is 0.480 e. The first kappa shape index (κ1) is 15.4. The Balaban J connectivity index is 2.47. The van der Waals surface area contributed by atoms with Gasteiger partial charge in [-0.3, -0.25) is 9.59 Å². The fourth-order valence-corrected chi connectivity index (χ4v) is 1.90. The summed E-state index contributed by atoms with van der Waals surface area (Å²) in [6, 6.07) is -1.58. The third-order valence-electron chi connectivity index (χ3n) is 3.03. The molecule has 8 heteroatoms. The number of carbonyl (C=O) groups is 3. The molecule has 1 rings (SSSR count). The number of rotatable bonds is 7. The fourth-order valence-electron chi connectivity index (χ4n) is 1.90. The Morgan fingerprint density at radius 2 is 2.21 bits per heavy atom. The smallest absolute Gasteiger partial charge is 0.326 e. The van der Waals surface area contributed by atoms with E-state index >= 15 is 0 Å². The van der Waals surface area contributed by atoms with Crippen molar-refractivity contribution in [3.8, 4) is 0 Å². The molecule has 0 spiro atoms. The van der Waals surface area contributed by atoms with E-state index in [0.29, 0.717) is 13.0 Å². The number of primary amides is 1. The predicted molar refractivity (Wildman–Crippen MR) is 65.2 cm³/mol. The van der Waals surface area contributed by atoms with Crippen LogP contribution in [0.5, 0.6) is 0 Å². The summed E-state index contributed by atoms with van der Waals surface area (Å²) in [7, 11) is 1.56. The van der Waals surface area contributed by atoms with Crippen LogP contribution in [0.25, 0.3) is 0 Å². The average Bonchev–Trinajstić information content (AvgIpc) is 2.82. The van der Waals surface area contributed by atoms with Crippen LogP contribution < -0.4 is 16.4 Å². The van der Waals surface area contributed by atoms with Gasteiger partial charge in [0.05, 0.1) is 12.1 Å². The number of hydrogen-bond donors (Lipinski definition) is 4. The highest BCUT2D eigenvalue weighted by Gasteiger charge is 2.31. The lowest BCUT2D eigenvalue weighted by Crippen LogP contribution is -2.48.